The van der Waals surface area contributed by atoms with Gasteiger partial charge in [0.1, 0.15) is 0 Å². The number of hydrogen-bond acceptors (Lipinski definition) is 3. The third-order valence-corrected chi connectivity index (χ3v) is 3.35. The van der Waals surface area contributed by atoms with Gasteiger partial charge in [0, 0.05) is 23.7 Å². The van der Waals surface area contributed by atoms with Crippen LogP contribution in [0.3, 0.4) is 0 Å². The molecule has 1 saturated heterocycles. The van der Waals surface area contributed by atoms with Crippen LogP contribution in [0.2, 0.25) is 0 Å². The van der Waals surface area contributed by atoms with E-state index in [1.807, 2.05) is 0 Å². The van der Waals surface area contributed by atoms with E-state index >= 15 is 0 Å². The molecule has 5 nitrogen and oxygen atoms in total. The van der Waals surface area contributed by atoms with E-state index in [2.05, 4.69) is 10.6 Å². The van der Waals surface area contributed by atoms with Crippen molar-refractivity contribution in [3.8, 4) is 0 Å². The van der Waals surface area contributed by atoms with E-state index in [1.165, 1.54) is 18.9 Å². The van der Waals surface area contributed by atoms with Crippen molar-refractivity contribution in [2.24, 2.45) is 5.73 Å². The molecule has 0 unspecified atom stereocenters. The quantitative estimate of drug-likeness (QED) is 0.760. The van der Waals surface area contributed by atoms with Gasteiger partial charge in [-0.15, -0.1) is 12.4 Å². The molecule has 0 bridgehead atoms. The summed E-state index contributed by atoms with van der Waals surface area (Å²) in [5.74, 6) is -0.689. The molecule has 0 aliphatic carbocycles. The monoisotopic (exact) mass is 297 g/mol. The number of benzene rings is 1. The Balaban J connectivity index is 0.00000200. The fourth-order valence-corrected chi connectivity index (χ4v) is 2.28. The van der Waals surface area contributed by atoms with E-state index in [0.29, 0.717) is 23.7 Å². The molecule has 6 heteroatoms. The molecule has 1 atom stereocenters. The maximum absolute atomic E-state index is 11.9. The maximum atomic E-state index is 11.9. The van der Waals surface area contributed by atoms with Gasteiger partial charge in [-0.2, -0.15) is 0 Å². The summed E-state index contributed by atoms with van der Waals surface area (Å²) in [6.45, 7) is 1.70. The lowest BCUT2D eigenvalue weighted by Crippen LogP contribution is -2.30. The summed E-state index contributed by atoms with van der Waals surface area (Å²) >= 11 is 0. The largest absolute Gasteiger partial charge is 0.366 e. The smallest absolute Gasteiger partial charge is 0.251 e. The zero-order valence-electron chi connectivity index (χ0n) is 11.2. The lowest BCUT2D eigenvalue weighted by atomic mass is 10.1. The summed E-state index contributed by atoms with van der Waals surface area (Å²) < 4.78 is 0. The van der Waals surface area contributed by atoms with Gasteiger partial charge in [0.25, 0.3) is 5.91 Å². The van der Waals surface area contributed by atoms with E-state index < -0.39 is 5.91 Å². The molecular weight excluding hydrogens is 278 g/mol. The van der Waals surface area contributed by atoms with Gasteiger partial charge in [-0.05, 0) is 44.0 Å². The van der Waals surface area contributed by atoms with Crippen molar-refractivity contribution in [2.45, 2.75) is 25.3 Å². The highest BCUT2D eigenvalue weighted by Gasteiger charge is 2.14. The van der Waals surface area contributed by atoms with Crippen molar-refractivity contribution < 1.29 is 9.59 Å². The summed E-state index contributed by atoms with van der Waals surface area (Å²) in [6, 6.07) is 6.97. The van der Waals surface area contributed by atoms with Gasteiger partial charge in [-0.1, -0.05) is 6.07 Å². The van der Waals surface area contributed by atoms with Crippen LogP contribution in [0, 0.1) is 0 Å². The highest BCUT2D eigenvalue weighted by molar-refractivity contribution is 5.99. The van der Waals surface area contributed by atoms with E-state index in [-0.39, 0.29) is 18.3 Å². The molecular formula is C14H20ClN3O2. The lowest BCUT2D eigenvalue weighted by Gasteiger charge is -2.11. The SMILES string of the molecule is Cl.NC(=O)c1cccc(C(=O)NCC[C@H]2CCCN2)c1. The Bertz CT molecular complexity index is 473. The molecule has 1 aromatic rings. The van der Waals surface area contributed by atoms with Crippen molar-refractivity contribution in [1.82, 2.24) is 10.6 Å². The Labute approximate surface area is 124 Å². The molecule has 0 aromatic heterocycles. The van der Waals surface area contributed by atoms with Crippen LogP contribution in [0.1, 0.15) is 40.0 Å². The summed E-state index contributed by atoms with van der Waals surface area (Å²) in [4.78, 5) is 23.0. The second-order valence-electron chi connectivity index (χ2n) is 4.78. The molecule has 1 aliphatic rings. The Hall–Kier alpha value is -1.59. The molecule has 0 spiro atoms. The zero-order chi connectivity index (χ0) is 13.7. The first-order valence-electron chi connectivity index (χ1n) is 6.58. The molecule has 0 saturated carbocycles. The summed E-state index contributed by atoms with van der Waals surface area (Å²) in [5.41, 5.74) is 6.01. The Morgan fingerprint density at radius 1 is 1.35 bits per heavy atom. The van der Waals surface area contributed by atoms with Crippen LogP contribution in [0.5, 0.6) is 0 Å². The standard InChI is InChI=1S/C14H19N3O2.ClH/c15-13(18)10-3-1-4-11(9-10)14(19)17-8-6-12-5-2-7-16-12;/h1,3-4,9,12,16H,2,5-8H2,(H2,15,18)(H,17,19);1H/t12-;/m1./s1. The topological polar surface area (TPSA) is 84.2 Å². The third kappa shape index (κ3) is 4.51. The van der Waals surface area contributed by atoms with Crippen LogP contribution in [-0.4, -0.2) is 30.9 Å². The minimum atomic E-state index is -0.523. The van der Waals surface area contributed by atoms with Crippen LogP contribution in [0.4, 0.5) is 0 Å². The van der Waals surface area contributed by atoms with E-state index in [4.69, 9.17) is 5.73 Å². The molecule has 2 amide bonds. The maximum Gasteiger partial charge on any atom is 0.251 e. The number of nitrogens with one attached hydrogen (secondary N) is 2. The number of hydrogen-bond donors (Lipinski definition) is 3. The van der Waals surface area contributed by atoms with Crippen molar-refractivity contribution >= 4 is 24.2 Å². The van der Waals surface area contributed by atoms with Crippen LogP contribution in [-0.2, 0) is 0 Å². The summed E-state index contributed by atoms with van der Waals surface area (Å²) in [5, 5.41) is 6.24. The van der Waals surface area contributed by atoms with Gasteiger partial charge in [0.05, 0.1) is 0 Å². The van der Waals surface area contributed by atoms with Gasteiger partial charge < -0.3 is 16.4 Å². The molecule has 1 fully saturated rings. The summed E-state index contributed by atoms with van der Waals surface area (Å²) in [6.07, 6.45) is 3.31. The fraction of sp³-hybridized carbons (Fsp3) is 0.429. The minimum Gasteiger partial charge on any atom is -0.366 e. The second kappa shape index (κ2) is 7.87. The molecule has 110 valence electrons. The molecule has 0 radical (unpaired) electrons. The molecule has 1 aliphatic heterocycles. The number of halogens is 1. The van der Waals surface area contributed by atoms with E-state index in [0.717, 1.165) is 13.0 Å². The predicted molar refractivity (Wildman–Crippen MR) is 80.2 cm³/mol. The average Bonchev–Trinajstić information content (AvgIpc) is 2.92. The lowest BCUT2D eigenvalue weighted by molar-refractivity contribution is 0.0952. The average molecular weight is 298 g/mol. The number of carbonyl (C=O) groups is 2. The second-order valence-corrected chi connectivity index (χ2v) is 4.78. The van der Waals surface area contributed by atoms with Crippen LogP contribution in [0.15, 0.2) is 24.3 Å². The van der Waals surface area contributed by atoms with E-state index in [1.54, 1.807) is 18.2 Å². The molecule has 1 aromatic carbocycles. The molecule has 2 rings (SSSR count). The number of primary amides is 1. The fourth-order valence-electron chi connectivity index (χ4n) is 2.28. The first-order valence-corrected chi connectivity index (χ1v) is 6.58. The van der Waals surface area contributed by atoms with Gasteiger partial charge in [-0.3, -0.25) is 9.59 Å². The van der Waals surface area contributed by atoms with Gasteiger partial charge >= 0.3 is 0 Å². The van der Waals surface area contributed by atoms with Crippen molar-refractivity contribution in [3.05, 3.63) is 35.4 Å². The Morgan fingerprint density at radius 3 is 2.75 bits per heavy atom. The summed E-state index contributed by atoms with van der Waals surface area (Å²) in [7, 11) is 0. The molecule has 4 N–H and O–H groups in total. The predicted octanol–water partition coefficient (Wildman–Crippen LogP) is 1.08. The van der Waals surface area contributed by atoms with Gasteiger partial charge in [0.2, 0.25) is 5.91 Å². The van der Waals surface area contributed by atoms with Crippen LogP contribution in [0.25, 0.3) is 0 Å². The number of amides is 2. The van der Waals surface area contributed by atoms with Gasteiger partial charge in [0.15, 0.2) is 0 Å². The van der Waals surface area contributed by atoms with Crippen molar-refractivity contribution in [1.29, 1.82) is 0 Å². The van der Waals surface area contributed by atoms with Gasteiger partial charge in [-0.25, -0.2) is 0 Å². The zero-order valence-corrected chi connectivity index (χ0v) is 12.0. The minimum absolute atomic E-state index is 0. The number of nitrogens with two attached hydrogens (primary N) is 1. The number of rotatable bonds is 5. The van der Waals surface area contributed by atoms with Crippen LogP contribution >= 0.6 is 12.4 Å². The first-order chi connectivity index (χ1) is 9.16. The molecule has 20 heavy (non-hydrogen) atoms. The van der Waals surface area contributed by atoms with E-state index in [9.17, 15) is 9.59 Å². The first kappa shape index (κ1) is 16.5. The van der Waals surface area contributed by atoms with Crippen LogP contribution < -0.4 is 16.4 Å². The van der Waals surface area contributed by atoms with Crippen molar-refractivity contribution in [3.63, 3.8) is 0 Å². The normalized spacial score (nSPS) is 17.3. The Kier molecular flexibility index (Phi) is 6.48. The third-order valence-electron chi connectivity index (χ3n) is 3.35. The van der Waals surface area contributed by atoms with Crippen molar-refractivity contribution in [2.75, 3.05) is 13.1 Å². The highest BCUT2D eigenvalue weighted by atomic mass is 35.5. The Morgan fingerprint density at radius 2 is 2.10 bits per heavy atom. The number of carbonyl (C=O) groups excluding carboxylic acids is 2. The molecule has 1 heterocycles. The highest BCUT2D eigenvalue weighted by Crippen LogP contribution is 2.08.